The number of nitrogens with zero attached hydrogens (tertiary/aromatic N) is 1. The van der Waals surface area contributed by atoms with Gasteiger partial charge in [-0.05, 0) is 30.3 Å². The number of fused-ring (bicyclic) bond motifs is 1. The molecule has 86 valence electrons. The largest absolute Gasteiger partial charge is 0.507 e. The number of aromatic nitrogens is 1. The van der Waals surface area contributed by atoms with Crippen LogP contribution < -0.4 is 0 Å². The normalized spacial score (nSPS) is 10.4. The quantitative estimate of drug-likeness (QED) is 0.670. The predicted molar refractivity (Wildman–Crippen MR) is 74.7 cm³/mol. The van der Waals surface area contributed by atoms with Crippen LogP contribution in [0.2, 0.25) is 0 Å². The average Bonchev–Trinajstić information content (AvgIpc) is 2.81. The van der Waals surface area contributed by atoms with Crippen molar-refractivity contribution in [2.75, 3.05) is 0 Å². The molecule has 0 saturated heterocycles. The monoisotopic (exact) mass is 251 g/mol. The Hall–Kier alpha value is -2.31. The highest BCUT2D eigenvalue weighted by Crippen LogP contribution is 2.35. The SMILES string of the molecule is C#Cc1ccc(-c2nc3ccccc3s2)c(O)c1. The molecule has 0 bridgehead atoms. The van der Waals surface area contributed by atoms with E-state index in [-0.39, 0.29) is 5.75 Å². The molecule has 0 radical (unpaired) electrons. The van der Waals surface area contributed by atoms with Gasteiger partial charge in [-0.25, -0.2) is 4.98 Å². The number of hydrogen-bond donors (Lipinski definition) is 1. The van der Waals surface area contributed by atoms with E-state index in [0.29, 0.717) is 5.56 Å². The van der Waals surface area contributed by atoms with E-state index in [2.05, 4.69) is 10.9 Å². The van der Waals surface area contributed by atoms with Gasteiger partial charge in [0.15, 0.2) is 0 Å². The summed E-state index contributed by atoms with van der Waals surface area (Å²) in [6.45, 7) is 0. The zero-order valence-corrected chi connectivity index (χ0v) is 10.2. The number of thiazole rings is 1. The minimum Gasteiger partial charge on any atom is -0.507 e. The standard InChI is InChI=1S/C15H9NOS/c1-2-10-7-8-11(13(17)9-10)15-16-12-5-3-4-6-14(12)18-15/h1,3-9,17H. The maximum atomic E-state index is 9.97. The number of terminal acetylenes is 1. The summed E-state index contributed by atoms with van der Waals surface area (Å²) in [7, 11) is 0. The van der Waals surface area contributed by atoms with Gasteiger partial charge in [-0.2, -0.15) is 0 Å². The van der Waals surface area contributed by atoms with Crippen molar-refractivity contribution in [2.24, 2.45) is 0 Å². The van der Waals surface area contributed by atoms with E-state index in [1.807, 2.05) is 30.3 Å². The van der Waals surface area contributed by atoms with Gasteiger partial charge in [0, 0.05) is 5.56 Å². The summed E-state index contributed by atoms with van der Waals surface area (Å²) < 4.78 is 1.10. The maximum Gasteiger partial charge on any atom is 0.128 e. The van der Waals surface area contributed by atoms with Gasteiger partial charge in [-0.3, -0.25) is 0 Å². The van der Waals surface area contributed by atoms with Gasteiger partial charge in [-0.1, -0.05) is 18.1 Å². The number of hydrogen-bond acceptors (Lipinski definition) is 3. The fraction of sp³-hybridized carbons (Fsp3) is 0. The molecule has 0 saturated carbocycles. The molecule has 2 aromatic carbocycles. The van der Waals surface area contributed by atoms with E-state index in [0.717, 1.165) is 20.8 Å². The van der Waals surface area contributed by atoms with Crippen LogP contribution in [0.1, 0.15) is 5.56 Å². The topological polar surface area (TPSA) is 33.1 Å². The third-order valence-electron chi connectivity index (χ3n) is 2.69. The Morgan fingerprint density at radius 1 is 1.17 bits per heavy atom. The van der Waals surface area contributed by atoms with Crippen LogP contribution in [0.4, 0.5) is 0 Å². The second-order valence-corrected chi connectivity index (χ2v) is 4.89. The van der Waals surface area contributed by atoms with Crippen LogP contribution in [0, 0.1) is 12.3 Å². The molecule has 0 unspecified atom stereocenters. The Morgan fingerprint density at radius 3 is 2.72 bits per heavy atom. The average molecular weight is 251 g/mol. The molecule has 3 heteroatoms. The maximum absolute atomic E-state index is 9.97. The molecule has 0 aliphatic rings. The fourth-order valence-electron chi connectivity index (χ4n) is 1.79. The molecule has 2 nitrogen and oxygen atoms in total. The first-order valence-electron chi connectivity index (χ1n) is 5.43. The van der Waals surface area contributed by atoms with Crippen LogP contribution in [0.25, 0.3) is 20.8 Å². The molecule has 18 heavy (non-hydrogen) atoms. The van der Waals surface area contributed by atoms with Crippen molar-refractivity contribution in [2.45, 2.75) is 0 Å². The van der Waals surface area contributed by atoms with E-state index in [1.54, 1.807) is 23.5 Å². The second-order valence-electron chi connectivity index (χ2n) is 3.86. The van der Waals surface area contributed by atoms with Crippen LogP contribution in [-0.2, 0) is 0 Å². The Balaban J connectivity index is 2.17. The minimum atomic E-state index is 0.171. The van der Waals surface area contributed by atoms with E-state index in [1.165, 1.54) is 0 Å². The van der Waals surface area contributed by atoms with Crippen molar-refractivity contribution < 1.29 is 5.11 Å². The lowest BCUT2D eigenvalue weighted by molar-refractivity contribution is 0.477. The number of rotatable bonds is 1. The van der Waals surface area contributed by atoms with Crippen LogP contribution in [0.5, 0.6) is 5.75 Å². The third-order valence-corrected chi connectivity index (χ3v) is 3.76. The van der Waals surface area contributed by atoms with E-state index >= 15 is 0 Å². The van der Waals surface area contributed by atoms with Gasteiger partial charge in [0.2, 0.25) is 0 Å². The zero-order valence-electron chi connectivity index (χ0n) is 9.42. The van der Waals surface area contributed by atoms with Crippen molar-refractivity contribution in [3.8, 4) is 28.7 Å². The Kier molecular flexibility index (Phi) is 2.51. The molecule has 0 spiro atoms. The number of phenolic OH excluding ortho intramolecular Hbond substituents is 1. The number of benzene rings is 2. The van der Waals surface area contributed by atoms with E-state index in [4.69, 9.17) is 6.42 Å². The van der Waals surface area contributed by atoms with Gasteiger partial charge >= 0.3 is 0 Å². The highest BCUT2D eigenvalue weighted by atomic mass is 32.1. The van der Waals surface area contributed by atoms with Crippen LogP contribution >= 0.6 is 11.3 Å². The van der Waals surface area contributed by atoms with Gasteiger partial charge in [0.05, 0.1) is 15.8 Å². The summed E-state index contributed by atoms with van der Waals surface area (Å²) in [6.07, 6.45) is 5.29. The highest BCUT2D eigenvalue weighted by molar-refractivity contribution is 7.21. The van der Waals surface area contributed by atoms with Crippen molar-refractivity contribution in [1.82, 2.24) is 4.98 Å². The van der Waals surface area contributed by atoms with Crippen molar-refractivity contribution >= 4 is 21.6 Å². The van der Waals surface area contributed by atoms with Crippen LogP contribution in [0.15, 0.2) is 42.5 Å². The molecular formula is C15H9NOS. The molecule has 3 rings (SSSR count). The lowest BCUT2D eigenvalue weighted by Crippen LogP contribution is -1.80. The summed E-state index contributed by atoms with van der Waals surface area (Å²) in [6, 6.07) is 13.1. The van der Waals surface area contributed by atoms with Gasteiger partial charge in [0.1, 0.15) is 10.8 Å². The molecule has 0 atom stereocenters. The Morgan fingerprint density at radius 2 is 2.00 bits per heavy atom. The van der Waals surface area contributed by atoms with Crippen LogP contribution in [-0.4, -0.2) is 10.1 Å². The molecule has 0 amide bonds. The van der Waals surface area contributed by atoms with Gasteiger partial charge < -0.3 is 5.11 Å². The lowest BCUT2D eigenvalue weighted by Gasteiger charge is -2.00. The molecule has 0 aliphatic carbocycles. The van der Waals surface area contributed by atoms with Crippen LogP contribution in [0.3, 0.4) is 0 Å². The van der Waals surface area contributed by atoms with Gasteiger partial charge in [0.25, 0.3) is 0 Å². The Bertz CT molecular complexity index is 735. The molecule has 0 fully saturated rings. The molecule has 1 aromatic heterocycles. The molecule has 3 aromatic rings. The van der Waals surface area contributed by atoms with Crippen molar-refractivity contribution in [3.63, 3.8) is 0 Å². The van der Waals surface area contributed by atoms with Gasteiger partial charge in [-0.15, -0.1) is 17.8 Å². The van der Waals surface area contributed by atoms with Crippen molar-refractivity contribution in [3.05, 3.63) is 48.0 Å². The second kappa shape index (κ2) is 4.17. The molecule has 0 aliphatic heterocycles. The minimum absolute atomic E-state index is 0.171. The smallest absolute Gasteiger partial charge is 0.128 e. The molecule has 1 heterocycles. The Labute approximate surface area is 109 Å². The lowest BCUT2D eigenvalue weighted by atomic mass is 10.1. The third kappa shape index (κ3) is 1.73. The highest BCUT2D eigenvalue weighted by Gasteiger charge is 2.10. The summed E-state index contributed by atoms with van der Waals surface area (Å²) in [4.78, 5) is 4.51. The predicted octanol–water partition coefficient (Wildman–Crippen LogP) is 3.65. The zero-order chi connectivity index (χ0) is 12.5. The molecular weight excluding hydrogens is 242 g/mol. The summed E-state index contributed by atoms with van der Waals surface area (Å²) in [5.41, 5.74) is 2.32. The summed E-state index contributed by atoms with van der Waals surface area (Å²) in [5, 5.41) is 10.8. The first-order chi connectivity index (χ1) is 8.78. The van der Waals surface area contributed by atoms with E-state index < -0.39 is 0 Å². The number of phenols is 1. The first-order valence-corrected chi connectivity index (χ1v) is 6.25. The fourth-order valence-corrected chi connectivity index (χ4v) is 2.79. The number of para-hydroxylation sites is 1. The first kappa shape index (κ1) is 10.8. The summed E-state index contributed by atoms with van der Waals surface area (Å²) >= 11 is 1.56. The number of aromatic hydroxyl groups is 1. The van der Waals surface area contributed by atoms with Crippen molar-refractivity contribution in [1.29, 1.82) is 0 Å². The molecule has 1 N–H and O–H groups in total. The van der Waals surface area contributed by atoms with E-state index in [9.17, 15) is 5.11 Å². The summed E-state index contributed by atoms with van der Waals surface area (Å²) in [5.74, 6) is 2.67.